The Morgan fingerprint density at radius 1 is 1.31 bits per heavy atom. The Labute approximate surface area is 154 Å². The fourth-order valence-corrected chi connectivity index (χ4v) is 3.53. The van der Waals surface area contributed by atoms with Crippen LogP contribution in [0, 0.1) is 12.7 Å². The lowest BCUT2D eigenvalue weighted by atomic mass is 9.99. The number of oxazole rings is 1. The number of nitrogens with zero attached hydrogens (tertiary/aromatic N) is 2. The molecule has 142 valence electrons. The highest BCUT2D eigenvalue weighted by Gasteiger charge is 2.25. The van der Waals surface area contributed by atoms with E-state index in [4.69, 9.17) is 13.9 Å². The van der Waals surface area contributed by atoms with Crippen LogP contribution >= 0.6 is 0 Å². The van der Waals surface area contributed by atoms with E-state index < -0.39 is 0 Å². The van der Waals surface area contributed by atoms with E-state index >= 15 is 0 Å². The van der Waals surface area contributed by atoms with E-state index in [0.29, 0.717) is 23.2 Å². The lowest BCUT2D eigenvalue weighted by Crippen LogP contribution is -2.39. The number of aryl methyl sites for hydroxylation is 1. The van der Waals surface area contributed by atoms with Crippen LogP contribution < -0.4 is 4.74 Å². The number of methoxy groups -OCH3 is 2. The van der Waals surface area contributed by atoms with Crippen molar-refractivity contribution in [2.45, 2.75) is 45.2 Å². The Balaban J connectivity index is 1.79. The average molecular weight is 362 g/mol. The Bertz CT molecular complexity index is 732. The molecule has 0 spiro atoms. The van der Waals surface area contributed by atoms with E-state index in [1.54, 1.807) is 26.4 Å². The molecule has 0 aliphatic carbocycles. The minimum atomic E-state index is -0.366. The van der Waals surface area contributed by atoms with Crippen LogP contribution in [0.25, 0.3) is 11.5 Å². The summed E-state index contributed by atoms with van der Waals surface area (Å²) in [6, 6.07) is 5.08. The van der Waals surface area contributed by atoms with E-state index in [2.05, 4.69) is 9.88 Å². The van der Waals surface area contributed by atoms with Crippen molar-refractivity contribution >= 4 is 0 Å². The van der Waals surface area contributed by atoms with Gasteiger partial charge < -0.3 is 13.9 Å². The molecule has 0 radical (unpaired) electrons. The Morgan fingerprint density at radius 2 is 2.15 bits per heavy atom. The van der Waals surface area contributed by atoms with Crippen molar-refractivity contribution < 1.29 is 18.3 Å². The smallest absolute Gasteiger partial charge is 0.229 e. The van der Waals surface area contributed by atoms with Gasteiger partial charge in [0.05, 0.1) is 18.4 Å². The standard InChI is InChI=1S/C20H27FN2O3/c1-14-19(13-23-10-5-4-6-15(23)9-11-24-2)22-20(26-14)17-12-16(25-3)7-8-18(17)21/h7-8,12,15H,4-6,9-11,13H2,1-3H3/t15-/m0/s1. The second-order valence-electron chi connectivity index (χ2n) is 6.77. The normalized spacial score (nSPS) is 18.2. The molecule has 1 saturated heterocycles. The quantitative estimate of drug-likeness (QED) is 0.739. The summed E-state index contributed by atoms with van der Waals surface area (Å²) in [6.45, 7) is 4.41. The molecular weight excluding hydrogens is 335 g/mol. The zero-order valence-corrected chi connectivity index (χ0v) is 15.8. The van der Waals surface area contributed by atoms with Crippen LogP contribution in [-0.2, 0) is 11.3 Å². The minimum absolute atomic E-state index is 0.305. The number of aromatic nitrogens is 1. The number of benzene rings is 1. The van der Waals surface area contributed by atoms with Gasteiger partial charge in [-0.05, 0) is 50.9 Å². The molecule has 0 saturated carbocycles. The highest BCUT2D eigenvalue weighted by molar-refractivity contribution is 5.57. The maximum Gasteiger partial charge on any atom is 0.229 e. The van der Waals surface area contributed by atoms with Gasteiger partial charge in [0.15, 0.2) is 0 Å². The first kappa shape index (κ1) is 18.9. The van der Waals surface area contributed by atoms with Crippen LogP contribution in [0.2, 0.25) is 0 Å². The second kappa shape index (κ2) is 8.64. The van der Waals surface area contributed by atoms with E-state index in [1.165, 1.54) is 25.3 Å². The van der Waals surface area contributed by atoms with Crippen molar-refractivity contribution in [2.24, 2.45) is 0 Å². The average Bonchev–Trinajstić information content (AvgIpc) is 3.01. The molecule has 6 heteroatoms. The maximum atomic E-state index is 14.2. The summed E-state index contributed by atoms with van der Waals surface area (Å²) in [7, 11) is 3.30. The Morgan fingerprint density at radius 3 is 2.92 bits per heavy atom. The summed E-state index contributed by atoms with van der Waals surface area (Å²) in [5, 5.41) is 0. The zero-order chi connectivity index (χ0) is 18.5. The molecule has 3 rings (SSSR count). The molecular formula is C20H27FN2O3. The number of rotatable bonds is 7. The van der Waals surface area contributed by atoms with Gasteiger partial charge in [-0.2, -0.15) is 0 Å². The van der Waals surface area contributed by atoms with Crippen LogP contribution in [0.5, 0.6) is 5.75 Å². The van der Waals surface area contributed by atoms with Crippen molar-refractivity contribution in [3.8, 4) is 17.2 Å². The first-order valence-electron chi connectivity index (χ1n) is 9.15. The van der Waals surface area contributed by atoms with Gasteiger partial charge in [-0.25, -0.2) is 9.37 Å². The molecule has 1 aliphatic rings. The third-order valence-corrected chi connectivity index (χ3v) is 5.05. The molecule has 5 nitrogen and oxygen atoms in total. The first-order chi connectivity index (χ1) is 12.6. The number of piperidine rings is 1. The van der Waals surface area contributed by atoms with Gasteiger partial charge in [-0.1, -0.05) is 6.42 Å². The zero-order valence-electron chi connectivity index (χ0n) is 15.8. The predicted octanol–water partition coefficient (Wildman–Crippen LogP) is 4.19. The number of hydrogen-bond acceptors (Lipinski definition) is 5. The second-order valence-corrected chi connectivity index (χ2v) is 6.77. The van der Waals surface area contributed by atoms with Crippen molar-refractivity contribution in [1.29, 1.82) is 0 Å². The van der Waals surface area contributed by atoms with Crippen LogP contribution in [-0.4, -0.2) is 43.3 Å². The third kappa shape index (κ3) is 4.24. The molecule has 0 bridgehead atoms. The van der Waals surface area contributed by atoms with Crippen LogP contribution in [0.4, 0.5) is 4.39 Å². The van der Waals surface area contributed by atoms with E-state index in [-0.39, 0.29) is 5.82 Å². The number of halogens is 1. The van der Waals surface area contributed by atoms with Crippen LogP contribution in [0.15, 0.2) is 22.6 Å². The number of ether oxygens (including phenoxy) is 2. The summed E-state index contributed by atoms with van der Waals surface area (Å²) in [5.41, 5.74) is 1.19. The van der Waals surface area contributed by atoms with Crippen molar-refractivity contribution in [3.05, 3.63) is 35.5 Å². The van der Waals surface area contributed by atoms with Gasteiger partial charge in [0.2, 0.25) is 5.89 Å². The third-order valence-electron chi connectivity index (χ3n) is 5.05. The topological polar surface area (TPSA) is 47.7 Å². The minimum Gasteiger partial charge on any atom is -0.497 e. The van der Waals surface area contributed by atoms with Gasteiger partial charge in [0.1, 0.15) is 17.3 Å². The molecule has 26 heavy (non-hydrogen) atoms. The molecule has 0 N–H and O–H groups in total. The summed E-state index contributed by atoms with van der Waals surface area (Å²) < 4.78 is 30.4. The maximum absolute atomic E-state index is 14.2. The largest absolute Gasteiger partial charge is 0.497 e. The molecule has 0 amide bonds. The Hall–Kier alpha value is -1.92. The van der Waals surface area contributed by atoms with E-state index in [9.17, 15) is 4.39 Å². The van der Waals surface area contributed by atoms with E-state index in [1.807, 2.05) is 6.92 Å². The van der Waals surface area contributed by atoms with Crippen molar-refractivity contribution in [2.75, 3.05) is 27.4 Å². The lowest BCUT2D eigenvalue weighted by Gasteiger charge is -2.35. The van der Waals surface area contributed by atoms with Gasteiger partial charge in [-0.3, -0.25) is 4.90 Å². The Kier molecular flexibility index (Phi) is 6.27. The van der Waals surface area contributed by atoms with Gasteiger partial charge >= 0.3 is 0 Å². The summed E-state index contributed by atoms with van der Waals surface area (Å²) in [6.07, 6.45) is 4.64. The SMILES string of the molecule is COCC[C@@H]1CCCCN1Cc1nc(-c2cc(OC)ccc2F)oc1C. The van der Waals surface area contributed by atoms with Gasteiger partial charge in [0.25, 0.3) is 0 Å². The molecule has 0 unspecified atom stereocenters. The fraction of sp³-hybridized carbons (Fsp3) is 0.550. The summed E-state index contributed by atoms with van der Waals surface area (Å²) >= 11 is 0. The number of likely N-dealkylation sites (tertiary alicyclic amines) is 1. The predicted molar refractivity (Wildman–Crippen MR) is 97.7 cm³/mol. The lowest BCUT2D eigenvalue weighted by molar-refractivity contribution is 0.0961. The van der Waals surface area contributed by atoms with Crippen LogP contribution in [0.1, 0.15) is 37.1 Å². The first-order valence-corrected chi connectivity index (χ1v) is 9.15. The highest BCUT2D eigenvalue weighted by atomic mass is 19.1. The highest BCUT2D eigenvalue weighted by Crippen LogP contribution is 2.29. The molecule has 1 aromatic carbocycles. The van der Waals surface area contributed by atoms with Crippen molar-refractivity contribution in [1.82, 2.24) is 9.88 Å². The summed E-state index contributed by atoms with van der Waals surface area (Å²) in [5.74, 6) is 1.25. The molecule has 2 aromatic rings. The molecule has 1 fully saturated rings. The monoisotopic (exact) mass is 362 g/mol. The molecule has 2 heterocycles. The molecule has 1 atom stereocenters. The fourth-order valence-electron chi connectivity index (χ4n) is 3.53. The van der Waals surface area contributed by atoms with Crippen LogP contribution in [0.3, 0.4) is 0 Å². The van der Waals surface area contributed by atoms with Crippen molar-refractivity contribution in [3.63, 3.8) is 0 Å². The molecule has 1 aliphatic heterocycles. The molecule has 1 aromatic heterocycles. The van der Waals surface area contributed by atoms with E-state index in [0.717, 1.165) is 37.6 Å². The number of hydrogen-bond donors (Lipinski definition) is 0. The van der Waals surface area contributed by atoms with Gasteiger partial charge in [0, 0.05) is 26.3 Å². The van der Waals surface area contributed by atoms with Gasteiger partial charge in [-0.15, -0.1) is 0 Å². The summed E-state index contributed by atoms with van der Waals surface area (Å²) in [4.78, 5) is 7.03.